The van der Waals surface area contributed by atoms with E-state index < -0.39 is 10.0 Å². The summed E-state index contributed by atoms with van der Waals surface area (Å²) in [4.78, 5) is 2.23. The van der Waals surface area contributed by atoms with E-state index in [1.807, 2.05) is 35.7 Å². The molecule has 0 amide bonds. The number of sulfonamides is 1. The predicted octanol–water partition coefficient (Wildman–Crippen LogP) is 3.69. The fourth-order valence-corrected chi connectivity index (χ4v) is 4.53. The number of fused-ring (bicyclic) bond motifs is 1. The highest BCUT2D eigenvalue weighted by Gasteiger charge is 2.18. The summed E-state index contributed by atoms with van der Waals surface area (Å²) in [5.74, 6) is 0. The molecule has 0 saturated heterocycles. The lowest BCUT2D eigenvalue weighted by molar-refractivity contribution is 0.598. The fourth-order valence-electron chi connectivity index (χ4n) is 2.80. The average molecular weight is 369 g/mol. The Kier molecular flexibility index (Phi) is 3.72. The van der Waals surface area contributed by atoms with E-state index in [0.29, 0.717) is 0 Å². The number of rotatable bonds is 3. The van der Waals surface area contributed by atoms with Crippen LogP contribution >= 0.6 is 11.3 Å². The van der Waals surface area contributed by atoms with Gasteiger partial charge in [-0.2, -0.15) is 5.10 Å². The first-order chi connectivity index (χ1) is 11.9. The Morgan fingerprint density at radius 2 is 1.68 bits per heavy atom. The summed E-state index contributed by atoms with van der Waals surface area (Å²) in [6.45, 7) is 1.95. The number of benzene rings is 2. The molecule has 4 aromatic rings. The Labute approximate surface area is 149 Å². The van der Waals surface area contributed by atoms with Gasteiger partial charge in [-0.1, -0.05) is 42.5 Å². The Morgan fingerprint density at radius 1 is 1.00 bits per heavy atom. The maximum atomic E-state index is 11.5. The molecule has 0 bridgehead atoms. The zero-order valence-corrected chi connectivity index (χ0v) is 15.0. The molecular formula is C18H15N3O2S2. The predicted molar refractivity (Wildman–Crippen MR) is 100 cm³/mol. The highest BCUT2D eigenvalue weighted by molar-refractivity contribution is 7.89. The topological polar surface area (TPSA) is 77.5 Å². The summed E-state index contributed by atoms with van der Waals surface area (Å²) in [6.07, 6.45) is 0. The van der Waals surface area contributed by atoms with Crippen molar-refractivity contribution >= 4 is 26.2 Å². The van der Waals surface area contributed by atoms with Crippen LogP contribution in [-0.4, -0.2) is 18.0 Å². The summed E-state index contributed by atoms with van der Waals surface area (Å²) in [5.41, 5.74) is 3.87. The molecule has 126 valence electrons. The van der Waals surface area contributed by atoms with Crippen molar-refractivity contribution in [3.05, 3.63) is 66.4 Å². The van der Waals surface area contributed by atoms with Gasteiger partial charge in [0.05, 0.1) is 21.2 Å². The molecular weight excluding hydrogens is 354 g/mol. The first-order valence-corrected chi connectivity index (χ1v) is 9.97. The van der Waals surface area contributed by atoms with E-state index in [0.717, 1.165) is 32.2 Å². The van der Waals surface area contributed by atoms with Crippen LogP contribution in [0.3, 0.4) is 0 Å². The average Bonchev–Trinajstić information content (AvgIpc) is 3.11. The Morgan fingerprint density at radius 3 is 2.32 bits per heavy atom. The van der Waals surface area contributed by atoms with Crippen molar-refractivity contribution in [3.63, 3.8) is 0 Å². The lowest BCUT2D eigenvalue weighted by atomic mass is 10.1. The molecule has 0 atom stereocenters. The largest absolute Gasteiger partial charge is 0.238 e. The number of thiazole rings is 1. The quantitative estimate of drug-likeness (QED) is 0.598. The minimum Gasteiger partial charge on any atom is -0.225 e. The molecule has 2 N–H and O–H groups in total. The molecule has 7 heteroatoms. The highest BCUT2D eigenvalue weighted by Crippen LogP contribution is 2.39. The molecule has 4 rings (SSSR count). The Balaban J connectivity index is 1.96. The molecule has 5 nitrogen and oxygen atoms in total. The lowest BCUT2D eigenvalue weighted by Crippen LogP contribution is -2.11. The minimum atomic E-state index is -3.71. The number of primary sulfonamides is 1. The molecule has 0 aliphatic rings. The normalized spacial score (nSPS) is 11.9. The number of nitrogens with zero attached hydrogens (tertiary/aromatic N) is 2. The first-order valence-electron chi connectivity index (χ1n) is 7.61. The van der Waals surface area contributed by atoms with Crippen molar-refractivity contribution in [1.29, 1.82) is 0 Å². The van der Waals surface area contributed by atoms with Crippen molar-refractivity contribution in [2.75, 3.05) is 0 Å². The Hall–Kier alpha value is -2.48. The second kappa shape index (κ2) is 5.80. The second-order valence-electron chi connectivity index (χ2n) is 5.75. The number of hydrogen-bond donors (Lipinski definition) is 1. The van der Waals surface area contributed by atoms with Crippen LogP contribution in [0.15, 0.2) is 65.6 Å². The third-order valence-corrected chi connectivity index (χ3v) is 5.99. The van der Waals surface area contributed by atoms with Gasteiger partial charge in [0, 0.05) is 5.56 Å². The maximum Gasteiger partial charge on any atom is 0.238 e. The van der Waals surface area contributed by atoms with Crippen molar-refractivity contribution in [2.45, 2.75) is 11.8 Å². The van der Waals surface area contributed by atoms with Crippen LogP contribution in [-0.2, 0) is 10.0 Å². The van der Waals surface area contributed by atoms with Crippen LogP contribution < -0.4 is 5.14 Å². The SMILES string of the molecule is Cc1cc2sc(-c3ccccc3)c(-c3ccc(S(N)(=O)=O)cc3)n2n1. The van der Waals surface area contributed by atoms with E-state index in [1.165, 1.54) is 12.1 Å². The van der Waals surface area contributed by atoms with Gasteiger partial charge in [-0.25, -0.2) is 18.1 Å². The van der Waals surface area contributed by atoms with Gasteiger partial charge in [0.1, 0.15) is 4.83 Å². The number of hydrogen-bond acceptors (Lipinski definition) is 4. The van der Waals surface area contributed by atoms with Gasteiger partial charge in [-0.15, -0.1) is 11.3 Å². The van der Waals surface area contributed by atoms with E-state index >= 15 is 0 Å². The monoisotopic (exact) mass is 369 g/mol. The zero-order valence-electron chi connectivity index (χ0n) is 13.4. The summed E-state index contributed by atoms with van der Waals surface area (Å²) in [7, 11) is -3.71. The van der Waals surface area contributed by atoms with Gasteiger partial charge in [0.15, 0.2) is 0 Å². The molecule has 25 heavy (non-hydrogen) atoms. The van der Waals surface area contributed by atoms with Crippen molar-refractivity contribution in [3.8, 4) is 21.7 Å². The van der Waals surface area contributed by atoms with E-state index in [-0.39, 0.29) is 4.90 Å². The highest BCUT2D eigenvalue weighted by atomic mass is 32.2. The van der Waals surface area contributed by atoms with Crippen LogP contribution in [0.4, 0.5) is 0 Å². The van der Waals surface area contributed by atoms with Gasteiger partial charge < -0.3 is 0 Å². The van der Waals surface area contributed by atoms with Gasteiger partial charge in [-0.05, 0) is 30.7 Å². The molecule has 0 radical (unpaired) electrons. The summed E-state index contributed by atoms with van der Waals surface area (Å²) < 4.78 is 24.9. The number of nitrogens with two attached hydrogens (primary N) is 1. The molecule has 0 aliphatic carbocycles. The Bertz CT molecular complexity index is 1160. The molecule has 2 aromatic heterocycles. The van der Waals surface area contributed by atoms with Crippen molar-refractivity contribution in [1.82, 2.24) is 9.61 Å². The van der Waals surface area contributed by atoms with Gasteiger partial charge >= 0.3 is 0 Å². The zero-order chi connectivity index (χ0) is 17.6. The van der Waals surface area contributed by atoms with E-state index in [2.05, 4.69) is 17.2 Å². The standard InChI is InChI=1S/C18H15N3O2S2/c1-12-11-16-21(20-12)17(18(24-16)14-5-3-2-4-6-14)13-7-9-15(10-8-13)25(19,22)23/h2-11H,1H3,(H2,19,22,23). The molecule has 2 heterocycles. The number of aromatic nitrogens is 2. The molecule has 0 aliphatic heterocycles. The van der Waals surface area contributed by atoms with E-state index in [4.69, 9.17) is 5.14 Å². The van der Waals surface area contributed by atoms with Crippen molar-refractivity contribution < 1.29 is 8.42 Å². The van der Waals surface area contributed by atoms with Crippen molar-refractivity contribution in [2.24, 2.45) is 5.14 Å². The minimum absolute atomic E-state index is 0.0978. The van der Waals surface area contributed by atoms with Crippen LogP contribution in [0.1, 0.15) is 5.69 Å². The fraction of sp³-hybridized carbons (Fsp3) is 0.0556. The second-order valence-corrected chi connectivity index (χ2v) is 8.34. The molecule has 0 spiro atoms. The van der Waals surface area contributed by atoms with Crippen LogP contribution in [0.2, 0.25) is 0 Å². The van der Waals surface area contributed by atoms with Crippen LogP contribution in [0.5, 0.6) is 0 Å². The smallest absolute Gasteiger partial charge is 0.225 e. The summed E-state index contributed by atoms with van der Waals surface area (Å²) in [6, 6.07) is 18.7. The molecule has 2 aromatic carbocycles. The van der Waals surface area contributed by atoms with Gasteiger partial charge in [0.2, 0.25) is 10.0 Å². The van der Waals surface area contributed by atoms with Crippen LogP contribution in [0, 0.1) is 6.92 Å². The lowest BCUT2D eigenvalue weighted by Gasteiger charge is -2.06. The van der Waals surface area contributed by atoms with Crippen LogP contribution in [0.25, 0.3) is 26.5 Å². The molecule has 0 fully saturated rings. The van der Waals surface area contributed by atoms with Gasteiger partial charge in [-0.3, -0.25) is 0 Å². The maximum absolute atomic E-state index is 11.5. The van der Waals surface area contributed by atoms with E-state index in [9.17, 15) is 8.42 Å². The summed E-state index contributed by atoms with van der Waals surface area (Å²) >= 11 is 1.66. The molecule has 0 unspecified atom stereocenters. The first kappa shape index (κ1) is 16.0. The third kappa shape index (κ3) is 2.86. The number of aryl methyl sites for hydroxylation is 1. The third-order valence-electron chi connectivity index (χ3n) is 3.92. The molecule has 0 saturated carbocycles. The van der Waals surface area contributed by atoms with Gasteiger partial charge in [0.25, 0.3) is 0 Å². The summed E-state index contributed by atoms with van der Waals surface area (Å²) in [5, 5.41) is 9.79. The van der Waals surface area contributed by atoms with E-state index in [1.54, 1.807) is 23.5 Å².